The van der Waals surface area contributed by atoms with E-state index in [1.807, 2.05) is 43.3 Å². The third kappa shape index (κ3) is 4.97. The first-order valence-corrected chi connectivity index (χ1v) is 11.9. The van der Waals surface area contributed by atoms with Crippen LogP contribution in [0.3, 0.4) is 0 Å². The molecule has 1 aliphatic rings. The Morgan fingerprint density at radius 2 is 1.68 bits per heavy atom. The number of aliphatic hydroxyl groups is 1. The van der Waals surface area contributed by atoms with Crippen molar-refractivity contribution < 1.29 is 19.4 Å². The molecule has 1 N–H and O–H groups in total. The topological polar surface area (TPSA) is 92.6 Å². The summed E-state index contributed by atoms with van der Waals surface area (Å²) in [4.78, 5) is 36.0. The lowest BCUT2D eigenvalue weighted by Crippen LogP contribution is -2.29. The number of amides is 1. The molecule has 2 aromatic carbocycles. The number of benzene rings is 2. The van der Waals surface area contributed by atoms with Crippen molar-refractivity contribution in [1.82, 2.24) is 14.9 Å². The fourth-order valence-corrected chi connectivity index (χ4v) is 4.47. The molecule has 37 heavy (non-hydrogen) atoms. The van der Waals surface area contributed by atoms with E-state index in [-0.39, 0.29) is 17.9 Å². The van der Waals surface area contributed by atoms with Crippen LogP contribution in [-0.2, 0) is 22.7 Å². The van der Waals surface area contributed by atoms with Crippen LogP contribution >= 0.6 is 0 Å². The van der Waals surface area contributed by atoms with Gasteiger partial charge in [0.05, 0.1) is 11.6 Å². The minimum atomic E-state index is -0.766. The van der Waals surface area contributed by atoms with Crippen LogP contribution in [0.5, 0.6) is 5.75 Å². The number of ketones is 1. The average molecular weight is 492 g/mol. The van der Waals surface area contributed by atoms with Crippen molar-refractivity contribution in [3.8, 4) is 5.75 Å². The SMILES string of the molecule is Cc1cc(/C(O)=C2/C(=O)C(=O)N(Cc3cccnc3)C2c2ccncc2)ccc1OCc1ccccc1. The van der Waals surface area contributed by atoms with Crippen molar-refractivity contribution in [2.75, 3.05) is 0 Å². The fourth-order valence-electron chi connectivity index (χ4n) is 4.47. The molecular weight excluding hydrogens is 466 g/mol. The predicted molar refractivity (Wildman–Crippen MR) is 138 cm³/mol. The Kier molecular flexibility index (Phi) is 6.76. The molecule has 0 spiro atoms. The maximum atomic E-state index is 13.3. The van der Waals surface area contributed by atoms with Crippen molar-refractivity contribution >= 4 is 17.4 Å². The second-order valence-corrected chi connectivity index (χ2v) is 8.82. The maximum absolute atomic E-state index is 13.3. The molecule has 0 radical (unpaired) electrons. The van der Waals surface area contributed by atoms with Crippen LogP contribution in [-0.4, -0.2) is 31.7 Å². The summed E-state index contributed by atoms with van der Waals surface area (Å²) < 4.78 is 5.96. The number of ether oxygens (including phenoxy) is 1. The largest absolute Gasteiger partial charge is 0.507 e. The van der Waals surface area contributed by atoms with Gasteiger partial charge in [-0.15, -0.1) is 0 Å². The molecular formula is C30H25N3O4. The molecule has 1 atom stereocenters. The molecule has 1 unspecified atom stereocenters. The van der Waals surface area contributed by atoms with Crippen molar-refractivity contribution in [3.05, 3.63) is 131 Å². The van der Waals surface area contributed by atoms with Crippen LogP contribution in [0, 0.1) is 6.92 Å². The number of carbonyl (C=O) groups is 2. The van der Waals surface area contributed by atoms with Gasteiger partial charge in [0.25, 0.3) is 11.7 Å². The molecule has 4 aromatic rings. The number of pyridine rings is 2. The Hall–Kier alpha value is -4.78. The standard InChI is InChI=1S/C30H25N3O4/c1-20-16-24(9-10-25(20)37-19-21-6-3-2-4-7-21)28(34)26-27(23-11-14-31-15-12-23)33(30(36)29(26)35)18-22-8-5-13-32-17-22/h2-17,27,34H,18-19H2,1H3/b28-26-. The normalized spacial score (nSPS) is 16.7. The number of nitrogens with zero attached hydrogens (tertiary/aromatic N) is 3. The lowest BCUT2D eigenvalue weighted by atomic mass is 9.95. The minimum Gasteiger partial charge on any atom is -0.507 e. The first-order valence-electron chi connectivity index (χ1n) is 11.9. The number of aromatic nitrogens is 2. The Morgan fingerprint density at radius 3 is 2.38 bits per heavy atom. The molecule has 184 valence electrons. The molecule has 0 bridgehead atoms. The van der Waals surface area contributed by atoms with E-state index in [0.717, 1.165) is 16.7 Å². The molecule has 2 aromatic heterocycles. The van der Waals surface area contributed by atoms with Crippen molar-refractivity contribution in [2.24, 2.45) is 0 Å². The van der Waals surface area contributed by atoms with Crippen LogP contribution in [0.25, 0.3) is 5.76 Å². The third-order valence-electron chi connectivity index (χ3n) is 6.32. The molecule has 1 fully saturated rings. The first kappa shape index (κ1) is 23.9. The highest BCUT2D eigenvalue weighted by Gasteiger charge is 2.46. The molecule has 7 heteroatoms. The van der Waals surface area contributed by atoms with Gasteiger partial charge in [-0.05, 0) is 65.6 Å². The highest BCUT2D eigenvalue weighted by atomic mass is 16.5. The van der Waals surface area contributed by atoms with E-state index in [9.17, 15) is 14.7 Å². The average Bonchev–Trinajstić information content (AvgIpc) is 3.18. The predicted octanol–water partition coefficient (Wildman–Crippen LogP) is 4.99. The fraction of sp³-hybridized carbons (Fsp3) is 0.133. The van der Waals surface area contributed by atoms with Gasteiger partial charge >= 0.3 is 0 Å². The van der Waals surface area contributed by atoms with Gasteiger partial charge in [0.15, 0.2) is 0 Å². The Bertz CT molecular complexity index is 1450. The molecule has 1 saturated heterocycles. The summed E-state index contributed by atoms with van der Waals surface area (Å²) in [5, 5.41) is 11.4. The van der Waals surface area contributed by atoms with E-state index in [1.165, 1.54) is 4.90 Å². The first-order chi connectivity index (χ1) is 18.0. The lowest BCUT2D eigenvalue weighted by Gasteiger charge is -2.25. The molecule has 0 saturated carbocycles. The van der Waals surface area contributed by atoms with Crippen LogP contribution in [0.4, 0.5) is 0 Å². The van der Waals surface area contributed by atoms with E-state index in [2.05, 4.69) is 9.97 Å². The Morgan fingerprint density at radius 1 is 0.919 bits per heavy atom. The Labute approximate surface area is 214 Å². The summed E-state index contributed by atoms with van der Waals surface area (Å²) in [6.45, 7) is 2.46. The van der Waals surface area contributed by atoms with Gasteiger partial charge in [0.1, 0.15) is 18.1 Å². The number of hydrogen-bond acceptors (Lipinski definition) is 6. The van der Waals surface area contributed by atoms with Crippen molar-refractivity contribution in [3.63, 3.8) is 0 Å². The van der Waals surface area contributed by atoms with E-state index in [4.69, 9.17) is 4.74 Å². The van der Waals surface area contributed by atoms with Crippen LogP contribution in [0.15, 0.2) is 103 Å². The van der Waals surface area contributed by atoms with Gasteiger partial charge in [-0.1, -0.05) is 36.4 Å². The molecule has 5 rings (SSSR count). The molecule has 7 nitrogen and oxygen atoms in total. The number of hydrogen-bond donors (Lipinski definition) is 1. The summed E-state index contributed by atoms with van der Waals surface area (Å²) in [5.41, 5.74) is 3.77. The maximum Gasteiger partial charge on any atom is 0.295 e. The second-order valence-electron chi connectivity index (χ2n) is 8.82. The van der Waals surface area contributed by atoms with E-state index < -0.39 is 17.7 Å². The number of aryl methyl sites for hydroxylation is 1. The number of carbonyl (C=O) groups excluding carboxylic acids is 2. The number of likely N-dealkylation sites (tertiary alicyclic amines) is 1. The molecule has 1 amide bonds. The minimum absolute atomic E-state index is 0.0393. The summed E-state index contributed by atoms with van der Waals surface area (Å²) in [6.07, 6.45) is 6.50. The van der Waals surface area contributed by atoms with Crippen LogP contribution < -0.4 is 4.74 Å². The van der Waals surface area contributed by atoms with E-state index in [0.29, 0.717) is 23.5 Å². The smallest absolute Gasteiger partial charge is 0.295 e. The number of aliphatic hydroxyl groups excluding tert-OH is 1. The summed E-state index contributed by atoms with van der Waals surface area (Å²) in [7, 11) is 0. The van der Waals surface area contributed by atoms with E-state index in [1.54, 1.807) is 61.2 Å². The number of Topliss-reactive ketones (excluding diaryl/α,β-unsaturated/α-hetero) is 1. The van der Waals surface area contributed by atoms with Gasteiger partial charge in [-0.3, -0.25) is 19.6 Å². The van der Waals surface area contributed by atoms with Crippen LogP contribution in [0.1, 0.15) is 33.9 Å². The Balaban J connectivity index is 1.50. The highest BCUT2D eigenvalue weighted by Crippen LogP contribution is 2.40. The van der Waals surface area contributed by atoms with Gasteiger partial charge in [0.2, 0.25) is 0 Å². The third-order valence-corrected chi connectivity index (χ3v) is 6.32. The van der Waals surface area contributed by atoms with Crippen molar-refractivity contribution in [1.29, 1.82) is 0 Å². The summed E-state index contributed by atoms with van der Waals surface area (Å²) >= 11 is 0. The summed E-state index contributed by atoms with van der Waals surface area (Å²) in [6, 6.07) is 21.4. The zero-order valence-corrected chi connectivity index (χ0v) is 20.2. The van der Waals surface area contributed by atoms with Gasteiger partial charge in [0, 0.05) is 36.9 Å². The van der Waals surface area contributed by atoms with Crippen LogP contribution in [0.2, 0.25) is 0 Å². The van der Waals surface area contributed by atoms with Crippen molar-refractivity contribution in [2.45, 2.75) is 26.1 Å². The monoisotopic (exact) mass is 491 g/mol. The highest BCUT2D eigenvalue weighted by molar-refractivity contribution is 6.46. The second kappa shape index (κ2) is 10.5. The lowest BCUT2D eigenvalue weighted by molar-refractivity contribution is -0.140. The zero-order valence-electron chi connectivity index (χ0n) is 20.2. The molecule has 1 aliphatic heterocycles. The number of rotatable bonds is 7. The molecule has 3 heterocycles. The summed E-state index contributed by atoms with van der Waals surface area (Å²) in [5.74, 6) is -0.966. The zero-order chi connectivity index (χ0) is 25.8. The van der Waals surface area contributed by atoms with Gasteiger partial charge in [-0.25, -0.2) is 0 Å². The molecule has 0 aliphatic carbocycles. The van der Waals surface area contributed by atoms with Gasteiger partial charge < -0.3 is 14.7 Å². The quantitative estimate of drug-likeness (QED) is 0.223. The van der Waals surface area contributed by atoms with Gasteiger partial charge in [-0.2, -0.15) is 0 Å². The van der Waals surface area contributed by atoms with E-state index >= 15 is 0 Å².